The number of aromatic amines is 1. The topological polar surface area (TPSA) is 76.2 Å². The Hall–Kier alpha value is -1.64. The number of H-pyrrole nitrogens is 1. The predicted molar refractivity (Wildman–Crippen MR) is 99.3 cm³/mol. The summed E-state index contributed by atoms with van der Waals surface area (Å²) in [5, 5.41) is 3.67. The third-order valence-electron chi connectivity index (χ3n) is 4.76. The SMILES string of the molecule is O=c1[nH]c(CSC2CCOCC2)nc2cc(OCC3CNC3)cc(F)c12. The molecule has 3 heterocycles. The van der Waals surface area contributed by atoms with Gasteiger partial charge in [-0.05, 0) is 12.8 Å². The first-order valence-electron chi connectivity index (χ1n) is 8.94. The summed E-state index contributed by atoms with van der Waals surface area (Å²) in [4.78, 5) is 19.5. The van der Waals surface area contributed by atoms with Gasteiger partial charge >= 0.3 is 0 Å². The van der Waals surface area contributed by atoms with Crippen molar-refractivity contribution in [2.45, 2.75) is 23.8 Å². The highest BCUT2D eigenvalue weighted by Gasteiger charge is 2.19. The number of ether oxygens (including phenoxy) is 2. The van der Waals surface area contributed by atoms with Crippen molar-refractivity contribution in [2.75, 3.05) is 32.9 Å². The first-order valence-corrected chi connectivity index (χ1v) is 9.99. The fourth-order valence-electron chi connectivity index (χ4n) is 3.12. The molecule has 2 N–H and O–H groups in total. The maximum Gasteiger partial charge on any atom is 0.261 e. The average Bonchev–Trinajstić information content (AvgIpc) is 2.59. The van der Waals surface area contributed by atoms with E-state index >= 15 is 0 Å². The molecular formula is C18H22FN3O3S. The molecule has 0 spiro atoms. The molecule has 140 valence electrons. The van der Waals surface area contributed by atoms with E-state index in [9.17, 15) is 9.18 Å². The zero-order valence-corrected chi connectivity index (χ0v) is 15.2. The van der Waals surface area contributed by atoms with Gasteiger partial charge in [-0.15, -0.1) is 0 Å². The van der Waals surface area contributed by atoms with Crippen LogP contribution in [0.2, 0.25) is 0 Å². The lowest BCUT2D eigenvalue weighted by molar-refractivity contribution is 0.1000. The highest BCUT2D eigenvalue weighted by atomic mass is 32.2. The molecule has 0 bridgehead atoms. The molecule has 8 heteroatoms. The number of nitrogens with zero attached hydrogens (tertiary/aromatic N) is 1. The normalized spacial score (nSPS) is 18.8. The minimum atomic E-state index is -0.596. The van der Waals surface area contributed by atoms with Crippen LogP contribution >= 0.6 is 11.8 Å². The quantitative estimate of drug-likeness (QED) is 0.800. The molecule has 0 radical (unpaired) electrons. The fourth-order valence-corrected chi connectivity index (χ4v) is 4.18. The number of fused-ring (bicyclic) bond motifs is 1. The van der Waals surface area contributed by atoms with E-state index < -0.39 is 11.4 Å². The molecule has 0 unspecified atom stereocenters. The molecule has 2 aromatic rings. The molecule has 1 aromatic heterocycles. The molecule has 6 nitrogen and oxygen atoms in total. The Morgan fingerprint density at radius 1 is 1.31 bits per heavy atom. The third-order valence-corrected chi connectivity index (χ3v) is 6.14. The Morgan fingerprint density at radius 3 is 2.85 bits per heavy atom. The van der Waals surface area contributed by atoms with Crippen LogP contribution in [0.1, 0.15) is 18.7 Å². The van der Waals surface area contributed by atoms with Gasteiger partial charge in [0.2, 0.25) is 0 Å². The first kappa shape index (κ1) is 17.8. The van der Waals surface area contributed by atoms with E-state index in [2.05, 4.69) is 15.3 Å². The smallest absolute Gasteiger partial charge is 0.261 e. The molecule has 2 aliphatic heterocycles. The van der Waals surface area contributed by atoms with Crippen molar-refractivity contribution in [3.8, 4) is 5.75 Å². The van der Waals surface area contributed by atoms with Crippen molar-refractivity contribution in [1.82, 2.24) is 15.3 Å². The molecule has 0 atom stereocenters. The van der Waals surface area contributed by atoms with Gasteiger partial charge in [-0.2, -0.15) is 11.8 Å². The molecule has 2 fully saturated rings. The van der Waals surface area contributed by atoms with Gasteiger partial charge in [0.05, 0.1) is 17.9 Å². The second kappa shape index (κ2) is 7.94. The Kier molecular flexibility index (Phi) is 5.42. The minimum absolute atomic E-state index is 0.0116. The average molecular weight is 379 g/mol. The van der Waals surface area contributed by atoms with Crippen molar-refractivity contribution in [3.63, 3.8) is 0 Å². The van der Waals surface area contributed by atoms with Crippen LogP contribution in [0.4, 0.5) is 4.39 Å². The third kappa shape index (κ3) is 4.02. The molecule has 0 saturated carbocycles. The van der Waals surface area contributed by atoms with Gasteiger partial charge in [0.25, 0.3) is 5.56 Å². The summed E-state index contributed by atoms with van der Waals surface area (Å²) in [6, 6.07) is 2.92. The summed E-state index contributed by atoms with van der Waals surface area (Å²) in [6.07, 6.45) is 2.01. The Labute approximate surface area is 154 Å². The zero-order chi connectivity index (χ0) is 17.9. The second-order valence-corrected chi connectivity index (χ2v) is 8.06. The number of hydrogen-bond acceptors (Lipinski definition) is 6. The Morgan fingerprint density at radius 2 is 2.12 bits per heavy atom. The molecule has 1 aromatic carbocycles. The highest BCUT2D eigenvalue weighted by Crippen LogP contribution is 2.26. The maximum atomic E-state index is 14.4. The largest absolute Gasteiger partial charge is 0.493 e. The summed E-state index contributed by atoms with van der Waals surface area (Å²) in [6.45, 7) is 3.93. The predicted octanol–water partition coefficient (Wildman–Crippen LogP) is 2.07. The molecular weight excluding hydrogens is 357 g/mol. The lowest BCUT2D eigenvalue weighted by Gasteiger charge is -2.26. The van der Waals surface area contributed by atoms with Crippen LogP contribution in [0.5, 0.6) is 5.75 Å². The van der Waals surface area contributed by atoms with E-state index in [4.69, 9.17) is 9.47 Å². The first-order chi connectivity index (χ1) is 12.7. The van der Waals surface area contributed by atoms with Crippen LogP contribution in [0.15, 0.2) is 16.9 Å². The van der Waals surface area contributed by atoms with Crippen LogP contribution in [-0.4, -0.2) is 48.1 Å². The second-order valence-electron chi connectivity index (χ2n) is 6.77. The summed E-state index contributed by atoms with van der Waals surface area (Å²) in [7, 11) is 0. The number of aromatic nitrogens is 2. The fraction of sp³-hybridized carbons (Fsp3) is 0.556. The number of halogens is 1. The monoisotopic (exact) mass is 379 g/mol. The number of nitrogens with one attached hydrogen (secondary N) is 2. The van der Waals surface area contributed by atoms with Crippen LogP contribution in [0, 0.1) is 11.7 Å². The van der Waals surface area contributed by atoms with Gasteiger partial charge in [-0.3, -0.25) is 4.79 Å². The molecule has 2 aliphatic rings. The standard InChI is InChI=1S/C18H22FN3O3S/c19-14-5-12(25-9-11-7-20-8-11)6-15-17(14)18(23)22-16(21-15)10-26-13-1-3-24-4-2-13/h5-6,11,13,20H,1-4,7-10H2,(H,21,22,23). The number of rotatable bonds is 6. The van der Waals surface area contributed by atoms with Crippen molar-refractivity contribution in [1.29, 1.82) is 0 Å². The number of hydrogen-bond donors (Lipinski definition) is 2. The van der Waals surface area contributed by atoms with E-state index in [0.29, 0.717) is 40.6 Å². The maximum absolute atomic E-state index is 14.4. The van der Waals surface area contributed by atoms with Gasteiger partial charge in [0.1, 0.15) is 22.8 Å². The van der Waals surface area contributed by atoms with Gasteiger partial charge in [0, 0.05) is 49.6 Å². The van der Waals surface area contributed by atoms with Crippen LogP contribution in [0.3, 0.4) is 0 Å². The minimum Gasteiger partial charge on any atom is -0.493 e. The summed E-state index contributed by atoms with van der Waals surface area (Å²) in [5.74, 6) is 1.44. The number of thioether (sulfide) groups is 1. The van der Waals surface area contributed by atoms with Crippen LogP contribution in [-0.2, 0) is 10.5 Å². The lowest BCUT2D eigenvalue weighted by atomic mass is 10.1. The van der Waals surface area contributed by atoms with Crippen molar-refractivity contribution in [3.05, 3.63) is 34.1 Å². The van der Waals surface area contributed by atoms with Crippen LogP contribution < -0.4 is 15.6 Å². The van der Waals surface area contributed by atoms with Gasteiger partial charge < -0.3 is 19.8 Å². The molecule has 0 aliphatic carbocycles. The zero-order valence-electron chi connectivity index (χ0n) is 14.4. The van der Waals surface area contributed by atoms with Crippen LogP contribution in [0.25, 0.3) is 10.9 Å². The number of benzene rings is 1. The van der Waals surface area contributed by atoms with Crippen molar-refractivity contribution < 1.29 is 13.9 Å². The molecule has 4 rings (SSSR count). The molecule has 26 heavy (non-hydrogen) atoms. The lowest BCUT2D eigenvalue weighted by Crippen LogP contribution is -2.45. The van der Waals surface area contributed by atoms with Crippen molar-refractivity contribution >= 4 is 22.7 Å². The van der Waals surface area contributed by atoms with Gasteiger partial charge in [0.15, 0.2) is 0 Å². The van der Waals surface area contributed by atoms with E-state index in [0.717, 1.165) is 39.1 Å². The van der Waals surface area contributed by atoms with E-state index in [-0.39, 0.29) is 5.39 Å². The van der Waals surface area contributed by atoms with Crippen molar-refractivity contribution in [2.24, 2.45) is 5.92 Å². The van der Waals surface area contributed by atoms with E-state index in [1.807, 2.05) is 0 Å². The highest BCUT2D eigenvalue weighted by molar-refractivity contribution is 7.99. The summed E-state index contributed by atoms with van der Waals surface area (Å²) in [5.41, 5.74) is -0.0946. The van der Waals surface area contributed by atoms with E-state index in [1.165, 1.54) is 6.07 Å². The molecule has 2 saturated heterocycles. The summed E-state index contributed by atoms with van der Waals surface area (Å²) < 4.78 is 25.4. The van der Waals surface area contributed by atoms with Gasteiger partial charge in [-0.25, -0.2) is 9.37 Å². The van der Waals surface area contributed by atoms with Gasteiger partial charge in [-0.1, -0.05) is 0 Å². The Bertz CT molecular complexity index is 834. The molecule has 0 amide bonds. The Balaban J connectivity index is 1.51. The summed E-state index contributed by atoms with van der Waals surface area (Å²) >= 11 is 1.76. The van der Waals surface area contributed by atoms with E-state index in [1.54, 1.807) is 17.8 Å².